The first-order valence-corrected chi connectivity index (χ1v) is 11.2. The van der Waals surface area contributed by atoms with Crippen LogP contribution in [0.4, 0.5) is 11.4 Å². The molecule has 0 radical (unpaired) electrons. The summed E-state index contributed by atoms with van der Waals surface area (Å²) in [6.07, 6.45) is 0.865. The Morgan fingerprint density at radius 3 is 2.48 bits per heavy atom. The van der Waals surface area contributed by atoms with Crippen LogP contribution >= 0.6 is 11.8 Å². The first-order valence-electron chi connectivity index (χ1n) is 10.3. The van der Waals surface area contributed by atoms with Crippen LogP contribution in [0.5, 0.6) is 0 Å². The van der Waals surface area contributed by atoms with Gasteiger partial charge in [-0.15, -0.1) is 0 Å². The second-order valence-corrected chi connectivity index (χ2v) is 8.84. The SMILES string of the molecule is CCCN1C(=O)[C@H](CC(=O)Nc2ccc(C(C)=O)cc2)SC1=Nc1cc(C)ccc1C. The minimum Gasteiger partial charge on any atom is -0.326 e. The van der Waals surface area contributed by atoms with Crippen molar-refractivity contribution in [1.82, 2.24) is 4.90 Å². The molecule has 162 valence electrons. The highest BCUT2D eigenvalue weighted by Crippen LogP contribution is 2.33. The summed E-state index contributed by atoms with van der Waals surface area (Å²) in [5.74, 6) is -0.360. The zero-order valence-electron chi connectivity index (χ0n) is 18.3. The molecule has 2 aromatic carbocycles. The molecule has 1 aliphatic rings. The van der Waals surface area contributed by atoms with Crippen LogP contribution in [0, 0.1) is 13.8 Å². The van der Waals surface area contributed by atoms with Crippen molar-refractivity contribution in [2.75, 3.05) is 11.9 Å². The molecule has 0 saturated carbocycles. The maximum Gasteiger partial charge on any atom is 0.242 e. The van der Waals surface area contributed by atoms with Gasteiger partial charge < -0.3 is 5.32 Å². The predicted molar refractivity (Wildman–Crippen MR) is 126 cm³/mol. The van der Waals surface area contributed by atoms with Crippen LogP contribution in [0.3, 0.4) is 0 Å². The van der Waals surface area contributed by atoms with Crippen LogP contribution < -0.4 is 5.32 Å². The highest BCUT2D eigenvalue weighted by Gasteiger charge is 2.38. The average Bonchev–Trinajstić information content (AvgIpc) is 3.00. The van der Waals surface area contributed by atoms with E-state index in [-0.39, 0.29) is 24.0 Å². The van der Waals surface area contributed by atoms with Gasteiger partial charge >= 0.3 is 0 Å². The quantitative estimate of drug-likeness (QED) is 0.627. The fourth-order valence-electron chi connectivity index (χ4n) is 3.27. The van der Waals surface area contributed by atoms with E-state index < -0.39 is 5.25 Å². The Hall–Kier alpha value is -2.93. The number of anilines is 1. The number of hydrogen-bond acceptors (Lipinski definition) is 5. The molecule has 6 nitrogen and oxygen atoms in total. The van der Waals surface area contributed by atoms with Gasteiger partial charge in [-0.2, -0.15) is 0 Å². The first-order chi connectivity index (χ1) is 14.8. The van der Waals surface area contributed by atoms with E-state index in [2.05, 4.69) is 5.32 Å². The number of nitrogens with one attached hydrogen (secondary N) is 1. The molecule has 2 aromatic rings. The standard InChI is InChI=1S/C24H27N3O3S/c1-5-12-27-23(30)21(31-24(27)26-20-13-15(2)6-7-16(20)3)14-22(29)25-19-10-8-18(9-11-19)17(4)28/h6-11,13,21H,5,12,14H2,1-4H3,(H,25,29)/t21-/m0/s1. The lowest BCUT2D eigenvalue weighted by atomic mass is 10.1. The number of aliphatic imine (C=N–C) groups is 1. The minimum absolute atomic E-state index is 0.0301. The molecule has 0 aromatic heterocycles. The fraction of sp³-hybridized carbons (Fsp3) is 0.333. The van der Waals surface area contributed by atoms with Crippen LogP contribution in [0.2, 0.25) is 0 Å². The van der Waals surface area contributed by atoms with E-state index in [1.165, 1.54) is 18.7 Å². The van der Waals surface area contributed by atoms with Gasteiger partial charge in [0, 0.05) is 24.2 Å². The summed E-state index contributed by atoms with van der Waals surface area (Å²) in [6, 6.07) is 12.8. The van der Waals surface area contributed by atoms with E-state index in [0.717, 1.165) is 23.2 Å². The summed E-state index contributed by atoms with van der Waals surface area (Å²) in [5.41, 5.74) is 4.17. The van der Waals surface area contributed by atoms with Gasteiger partial charge in [-0.1, -0.05) is 30.8 Å². The van der Waals surface area contributed by atoms with Gasteiger partial charge in [0.25, 0.3) is 0 Å². The third-order valence-corrected chi connectivity index (χ3v) is 6.17. The Morgan fingerprint density at radius 2 is 1.84 bits per heavy atom. The van der Waals surface area contributed by atoms with Crippen molar-refractivity contribution in [1.29, 1.82) is 0 Å². The summed E-state index contributed by atoms with van der Waals surface area (Å²) in [6.45, 7) is 8.08. The Bertz CT molecular complexity index is 1030. The number of ketones is 1. The van der Waals surface area contributed by atoms with E-state index in [9.17, 15) is 14.4 Å². The molecule has 7 heteroatoms. The molecule has 1 N–H and O–H groups in total. The summed E-state index contributed by atoms with van der Waals surface area (Å²) >= 11 is 1.34. The van der Waals surface area contributed by atoms with Crippen molar-refractivity contribution in [3.8, 4) is 0 Å². The number of aryl methyl sites for hydroxylation is 2. The lowest BCUT2D eigenvalue weighted by Crippen LogP contribution is -2.34. The smallest absolute Gasteiger partial charge is 0.242 e. The van der Waals surface area contributed by atoms with E-state index in [4.69, 9.17) is 4.99 Å². The molecule has 0 spiro atoms. The van der Waals surface area contributed by atoms with Crippen LogP contribution in [0.15, 0.2) is 47.5 Å². The van der Waals surface area contributed by atoms with Gasteiger partial charge in [0.15, 0.2) is 11.0 Å². The molecular formula is C24H27N3O3S. The summed E-state index contributed by atoms with van der Waals surface area (Å²) in [4.78, 5) is 43.4. The highest BCUT2D eigenvalue weighted by atomic mass is 32.2. The Balaban J connectivity index is 1.73. The molecule has 1 fully saturated rings. The Labute approximate surface area is 187 Å². The van der Waals surface area contributed by atoms with Crippen molar-refractivity contribution in [3.05, 3.63) is 59.2 Å². The van der Waals surface area contributed by atoms with Crippen LogP contribution in [-0.4, -0.2) is 39.5 Å². The summed E-state index contributed by atoms with van der Waals surface area (Å²) < 4.78 is 0. The lowest BCUT2D eigenvalue weighted by Gasteiger charge is -2.15. The van der Waals surface area contributed by atoms with Gasteiger partial charge in [0.1, 0.15) is 5.25 Å². The molecule has 2 amide bonds. The average molecular weight is 438 g/mol. The zero-order chi connectivity index (χ0) is 22.5. The number of carbonyl (C=O) groups excluding carboxylic acids is 3. The third-order valence-electron chi connectivity index (χ3n) is 4.99. The number of rotatable bonds is 7. The van der Waals surface area contributed by atoms with Crippen molar-refractivity contribution >= 4 is 45.9 Å². The number of hydrogen-bond donors (Lipinski definition) is 1. The van der Waals surface area contributed by atoms with Crippen molar-refractivity contribution in [2.24, 2.45) is 4.99 Å². The number of amides is 2. The predicted octanol–water partition coefficient (Wildman–Crippen LogP) is 4.88. The number of Topliss-reactive ketones (excluding diaryl/α,β-unsaturated/α-hetero) is 1. The minimum atomic E-state index is -0.507. The van der Waals surface area contributed by atoms with Gasteiger partial charge in [-0.05, 0) is 68.7 Å². The topological polar surface area (TPSA) is 78.8 Å². The van der Waals surface area contributed by atoms with Gasteiger partial charge in [-0.25, -0.2) is 4.99 Å². The normalized spacial score (nSPS) is 17.3. The number of nitrogens with zero attached hydrogens (tertiary/aromatic N) is 2. The second-order valence-electron chi connectivity index (χ2n) is 7.67. The lowest BCUT2D eigenvalue weighted by molar-refractivity contribution is -0.128. The van der Waals surface area contributed by atoms with Crippen LogP contribution in [-0.2, 0) is 9.59 Å². The maximum atomic E-state index is 13.0. The van der Waals surface area contributed by atoms with Crippen molar-refractivity contribution in [3.63, 3.8) is 0 Å². The largest absolute Gasteiger partial charge is 0.326 e. The molecule has 1 saturated heterocycles. The van der Waals surface area contributed by atoms with E-state index in [0.29, 0.717) is 23.0 Å². The molecule has 0 bridgehead atoms. The van der Waals surface area contributed by atoms with Crippen LogP contribution in [0.1, 0.15) is 48.2 Å². The molecule has 1 aliphatic heterocycles. The number of benzene rings is 2. The van der Waals surface area contributed by atoms with Gasteiger partial charge in [0.2, 0.25) is 11.8 Å². The molecule has 1 atom stereocenters. The molecular weight excluding hydrogens is 410 g/mol. The zero-order valence-corrected chi connectivity index (χ0v) is 19.1. The van der Waals surface area contributed by atoms with Crippen molar-refractivity contribution in [2.45, 2.75) is 45.8 Å². The number of thioether (sulfide) groups is 1. The first kappa shape index (κ1) is 22.7. The Kier molecular flexibility index (Phi) is 7.28. The van der Waals surface area contributed by atoms with E-state index in [1.54, 1.807) is 29.2 Å². The maximum absolute atomic E-state index is 13.0. The Morgan fingerprint density at radius 1 is 1.13 bits per heavy atom. The fourth-order valence-corrected chi connectivity index (χ4v) is 4.44. The van der Waals surface area contributed by atoms with Crippen molar-refractivity contribution < 1.29 is 14.4 Å². The monoisotopic (exact) mass is 437 g/mol. The summed E-state index contributed by atoms with van der Waals surface area (Å²) in [5, 5.41) is 2.94. The van der Waals surface area contributed by atoms with E-state index in [1.807, 2.05) is 39.0 Å². The molecule has 0 unspecified atom stereocenters. The van der Waals surface area contributed by atoms with Gasteiger partial charge in [-0.3, -0.25) is 19.3 Å². The van der Waals surface area contributed by atoms with Gasteiger partial charge in [0.05, 0.1) is 5.69 Å². The molecule has 0 aliphatic carbocycles. The molecule has 1 heterocycles. The number of amidine groups is 1. The summed E-state index contributed by atoms with van der Waals surface area (Å²) in [7, 11) is 0. The van der Waals surface area contributed by atoms with E-state index >= 15 is 0 Å². The molecule has 3 rings (SSSR count). The highest BCUT2D eigenvalue weighted by molar-refractivity contribution is 8.15. The third kappa shape index (κ3) is 5.61. The van der Waals surface area contributed by atoms with Crippen LogP contribution in [0.25, 0.3) is 0 Å². The molecule has 31 heavy (non-hydrogen) atoms. The second kappa shape index (κ2) is 9.92. The number of carbonyl (C=O) groups is 3.